The average Bonchev–Trinajstić information content (AvgIpc) is 2.48. The summed E-state index contributed by atoms with van der Waals surface area (Å²) in [7, 11) is 0. The average molecular weight is 353 g/mol. The summed E-state index contributed by atoms with van der Waals surface area (Å²) in [5.41, 5.74) is 1.86. The van der Waals surface area contributed by atoms with E-state index in [4.69, 9.17) is 0 Å². The topological polar surface area (TPSA) is 40.6 Å². The van der Waals surface area contributed by atoms with Crippen molar-refractivity contribution in [1.29, 1.82) is 0 Å². The number of anilines is 1. The van der Waals surface area contributed by atoms with Gasteiger partial charge in [-0.3, -0.25) is 9.59 Å². The van der Waals surface area contributed by atoms with E-state index >= 15 is 0 Å². The molecule has 0 radical (unpaired) electrons. The molecule has 21 heavy (non-hydrogen) atoms. The van der Waals surface area contributed by atoms with Crippen LogP contribution >= 0.6 is 15.9 Å². The molecule has 5 heteroatoms. The third kappa shape index (κ3) is 4.06. The van der Waals surface area contributed by atoms with Crippen LogP contribution in [0.2, 0.25) is 0 Å². The van der Waals surface area contributed by atoms with E-state index in [1.807, 2.05) is 30.0 Å². The second-order valence-corrected chi connectivity index (χ2v) is 6.33. The monoisotopic (exact) mass is 352 g/mol. The maximum atomic E-state index is 12.4. The molecule has 4 nitrogen and oxygen atoms in total. The van der Waals surface area contributed by atoms with Crippen molar-refractivity contribution >= 4 is 33.4 Å². The summed E-state index contributed by atoms with van der Waals surface area (Å²) in [6.07, 6.45) is 3.30. The lowest BCUT2D eigenvalue weighted by molar-refractivity contribution is -0.132. The van der Waals surface area contributed by atoms with Gasteiger partial charge >= 0.3 is 0 Å². The van der Waals surface area contributed by atoms with E-state index in [0.29, 0.717) is 0 Å². The van der Waals surface area contributed by atoms with Crippen molar-refractivity contribution in [3.8, 4) is 0 Å². The highest BCUT2D eigenvalue weighted by molar-refractivity contribution is 9.10. The standard InChI is InChI=1S/C16H21BrN2O2/c1-12-6-7-14(10-15(12)17)19(13(2)20)11-16(21)18-8-4-3-5-9-18/h6-7,10H,3-5,8-9,11H2,1-2H3. The van der Waals surface area contributed by atoms with Crippen molar-refractivity contribution < 1.29 is 9.59 Å². The fourth-order valence-corrected chi connectivity index (χ4v) is 2.88. The molecule has 0 bridgehead atoms. The number of carbonyl (C=O) groups is 2. The summed E-state index contributed by atoms with van der Waals surface area (Å²) in [6.45, 7) is 5.22. The smallest absolute Gasteiger partial charge is 0.242 e. The Labute approximate surface area is 134 Å². The minimum Gasteiger partial charge on any atom is -0.341 e. The van der Waals surface area contributed by atoms with Gasteiger partial charge in [-0.1, -0.05) is 22.0 Å². The Balaban J connectivity index is 2.13. The van der Waals surface area contributed by atoms with E-state index in [1.54, 1.807) is 4.90 Å². The van der Waals surface area contributed by atoms with Crippen LogP contribution in [0.15, 0.2) is 22.7 Å². The minimum absolute atomic E-state index is 0.0293. The summed E-state index contributed by atoms with van der Waals surface area (Å²) < 4.78 is 0.941. The lowest BCUT2D eigenvalue weighted by Crippen LogP contribution is -2.44. The maximum absolute atomic E-state index is 12.4. The van der Waals surface area contributed by atoms with Gasteiger partial charge in [0.05, 0.1) is 0 Å². The lowest BCUT2D eigenvalue weighted by Gasteiger charge is -2.29. The fraction of sp³-hybridized carbons (Fsp3) is 0.500. The second-order valence-electron chi connectivity index (χ2n) is 5.48. The molecule has 1 aromatic rings. The molecule has 0 atom stereocenters. The SMILES string of the molecule is CC(=O)N(CC(=O)N1CCCCC1)c1ccc(C)c(Br)c1. The lowest BCUT2D eigenvalue weighted by atomic mass is 10.1. The van der Waals surface area contributed by atoms with Crippen LogP contribution in [0, 0.1) is 6.92 Å². The van der Waals surface area contributed by atoms with Crippen LogP contribution in [0.25, 0.3) is 0 Å². The third-order valence-electron chi connectivity index (χ3n) is 3.85. The molecule has 0 aromatic heterocycles. The van der Waals surface area contributed by atoms with Crippen molar-refractivity contribution in [2.75, 3.05) is 24.5 Å². The van der Waals surface area contributed by atoms with Crippen molar-refractivity contribution in [1.82, 2.24) is 4.90 Å². The van der Waals surface area contributed by atoms with E-state index in [9.17, 15) is 9.59 Å². The maximum Gasteiger partial charge on any atom is 0.242 e. The number of nitrogens with zero attached hydrogens (tertiary/aromatic N) is 2. The van der Waals surface area contributed by atoms with Crippen molar-refractivity contribution in [3.05, 3.63) is 28.2 Å². The number of benzene rings is 1. The van der Waals surface area contributed by atoms with Crippen LogP contribution in [-0.2, 0) is 9.59 Å². The number of piperidine rings is 1. The molecule has 2 rings (SSSR count). The van der Waals surface area contributed by atoms with Crippen LogP contribution in [0.4, 0.5) is 5.69 Å². The zero-order valence-corrected chi connectivity index (χ0v) is 14.1. The van der Waals surface area contributed by atoms with Crippen LogP contribution < -0.4 is 4.90 Å². The zero-order chi connectivity index (χ0) is 15.4. The van der Waals surface area contributed by atoms with Crippen LogP contribution in [0.5, 0.6) is 0 Å². The summed E-state index contributed by atoms with van der Waals surface area (Å²) in [5, 5.41) is 0. The van der Waals surface area contributed by atoms with Gasteiger partial charge in [0.1, 0.15) is 6.54 Å². The van der Waals surface area contributed by atoms with Gasteiger partial charge in [-0.15, -0.1) is 0 Å². The fourth-order valence-electron chi connectivity index (χ4n) is 2.51. The largest absolute Gasteiger partial charge is 0.341 e. The first-order valence-corrected chi connectivity index (χ1v) is 8.10. The Morgan fingerprint density at radius 3 is 2.48 bits per heavy atom. The Bertz CT molecular complexity index is 539. The molecule has 1 aliphatic heterocycles. The quantitative estimate of drug-likeness (QED) is 0.838. The number of hydrogen-bond acceptors (Lipinski definition) is 2. The van der Waals surface area contributed by atoms with Crippen molar-refractivity contribution in [2.24, 2.45) is 0 Å². The minimum atomic E-state index is -0.115. The van der Waals surface area contributed by atoms with E-state index in [1.165, 1.54) is 13.3 Å². The first-order valence-electron chi connectivity index (χ1n) is 7.31. The highest BCUT2D eigenvalue weighted by Crippen LogP contribution is 2.24. The van der Waals surface area contributed by atoms with Crippen LogP contribution in [0.1, 0.15) is 31.7 Å². The zero-order valence-electron chi connectivity index (χ0n) is 12.6. The summed E-state index contributed by atoms with van der Waals surface area (Å²) in [4.78, 5) is 27.7. The van der Waals surface area contributed by atoms with Gasteiger partial charge in [-0.25, -0.2) is 0 Å². The Kier molecular flexibility index (Phi) is 5.39. The van der Waals surface area contributed by atoms with Gasteiger partial charge in [0.2, 0.25) is 11.8 Å². The molecule has 0 saturated carbocycles. The molecular weight excluding hydrogens is 332 g/mol. The molecule has 1 aromatic carbocycles. The normalized spacial score (nSPS) is 14.9. The second kappa shape index (κ2) is 7.07. The first-order chi connectivity index (χ1) is 9.99. The third-order valence-corrected chi connectivity index (χ3v) is 4.70. The molecule has 1 aliphatic rings. The van der Waals surface area contributed by atoms with Gasteiger partial charge in [0, 0.05) is 30.2 Å². The first kappa shape index (κ1) is 16.0. The molecule has 1 saturated heterocycles. The summed E-state index contributed by atoms with van der Waals surface area (Å²) in [5.74, 6) is -0.0855. The summed E-state index contributed by atoms with van der Waals surface area (Å²) >= 11 is 3.47. The van der Waals surface area contributed by atoms with Crippen molar-refractivity contribution in [2.45, 2.75) is 33.1 Å². The number of aryl methyl sites for hydroxylation is 1. The predicted molar refractivity (Wildman–Crippen MR) is 87.3 cm³/mol. The molecule has 0 unspecified atom stereocenters. The number of likely N-dealkylation sites (tertiary alicyclic amines) is 1. The highest BCUT2D eigenvalue weighted by Gasteiger charge is 2.22. The Morgan fingerprint density at radius 1 is 1.24 bits per heavy atom. The molecule has 114 valence electrons. The predicted octanol–water partition coefficient (Wildman–Crippen LogP) is 3.12. The Hall–Kier alpha value is -1.36. The Morgan fingerprint density at radius 2 is 1.90 bits per heavy atom. The molecular formula is C16H21BrN2O2. The van der Waals surface area contributed by atoms with E-state index in [-0.39, 0.29) is 18.4 Å². The van der Waals surface area contributed by atoms with Crippen molar-refractivity contribution in [3.63, 3.8) is 0 Å². The number of rotatable bonds is 3. The number of hydrogen-bond donors (Lipinski definition) is 0. The van der Waals surface area contributed by atoms with Gasteiger partial charge < -0.3 is 9.80 Å². The molecule has 0 spiro atoms. The molecule has 1 fully saturated rings. The number of carbonyl (C=O) groups excluding carboxylic acids is 2. The molecule has 1 heterocycles. The van der Waals surface area contributed by atoms with Gasteiger partial charge in [0.25, 0.3) is 0 Å². The molecule has 2 amide bonds. The van der Waals surface area contributed by atoms with E-state index < -0.39 is 0 Å². The highest BCUT2D eigenvalue weighted by atomic mass is 79.9. The molecule has 0 aliphatic carbocycles. The van der Waals surface area contributed by atoms with E-state index in [0.717, 1.165) is 41.7 Å². The number of halogens is 1. The summed E-state index contributed by atoms with van der Waals surface area (Å²) in [6, 6.07) is 5.71. The van der Waals surface area contributed by atoms with E-state index in [2.05, 4.69) is 15.9 Å². The number of amides is 2. The van der Waals surface area contributed by atoms with Gasteiger partial charge in [-0.2, -0.15) is 0 Å². The molecule has 0 N–H and O–H groups in total. The van der Waals surface area contributed by atoms with Gasteiger partial charge in [0.15, 0.2) is 0 Å². The van der Waals surface area contributed by atoms with Crippen LogP contribution in [-0.4, -0.2) is 36.3 Å². The van der Waals surface area contributed by atoms with Gasteiger partial charge in [-0.05, 0) is 43.9 Å². The van der Waals surface area contributed by atoms with Crippen LogP contribution in [0.3, 0.4) is 0 Å².